The summed E-state index contributed by atoms with van der Waals surface area (Å²) in [5, 5.41) is 18.8. The normalized spacial score (nSPS) is 16.1. The molecule has 236 valence electrons. The minimum atomic E-state index is -4.76. The van der Waals surface area contributed by atoms with Gasteiger partial charge < -0.3 is 9.84 Å². The van der Waals surface area contributed by atoms with Gasteiger partial charge in [0, 0.05) is 11.6 Å². The molecule has 45 heavy (non-hydrogen) atoms. The Kier molecular flexibility index (Phi) is 9.61. The predicted octanol–water partition coefficient (Wildman–Crippen LogP) is 6.20. The van der Waals surface area contributed by atoms with Gasteiger partial charge in [0.1, 0.15) is 12.1 Å². The molecule has 1 saturated heterocycles. The van der Waals surface area contributed by atoms with Crippen LogP contribution in [0.15, 0.2) is 78.0 Å². The molecular weight excluding hydrogens is 605 g/mol. The smallest absolute Gasteiger partial charge is 0.406 e. The Bertz CT molecular complexity index is 1670. The first-order chi connectivity index (χ1) is 21.4. The number of carbonyl (C=O) groups is 1. The van der Waals surface area contributed by atoms with Crippen molar-refractivity contribution in [3.05, 3.63) is 89.7 Å². The van der Waals surface area contributed by atoms with Gasteiger partial charge in [-0.3, -0.25) is 15.0 Å². The molecule has 1 aromatic heterocycles. The Morgan fingerprint density at radius 3 is 2.44 bits per heavy atom. The van der Waals surface area contributed by atoms with Crippen LogP contribution in [0.5, 0.6) is 5.75 Å². The molecule has 2 heterocycles. The highest BCUT2D eigenvalue weighted by Crippen LogP contribution is 2.34. The summed E-state index contributed by atoms with van der Waals surface area (Å²) in [5.74, 6) is 0.540. The van der Waals surface area contributed by atoms with E-state index in [-0.39, 0.29) is 29.4 Å². The standard InChI is InChI=1S/C32H33F3N6O3S/c1-19(2)26-14-5-20(3)15-27(26)41-28(42)17-45-31(41)38-30(43)37-21(4)16-22-6-8-23(9-7-22)29-36-18-40(39-29)24-10-12-25(13-11-24)44-32(33,34)35/h5-15,18-19,21,30,37,43H,16-17H2,1-4H3/b38-31-. The van der Waals surface area contributed by atoms with E-state index in [0.717, 1.165) is 27.9 Å². The summed E-state index contributed by atoms with van der Waals surface area (Å²) in [4.78, 5) is 23.2. The van der Waals surface area contributed by atoms with Gasteiger partial charge in [0.15, 0.2) is 11.0 Å². The zero-order chi connectivity index (χ0) is 32.3. The van der Waals surface area contributed by atoms with E-state index in [1.807, 2.05) is 56.3 Å². The van der Waals surface area contributed by atoms with Gasteiger partial charge in [-0.25, -0.2) is 14.7 Å². The maximum absolute atomic E-state index is 12.8. The van der Waals surface area contributed by atoms with Gasteiger partial charge in [-0.05, 0) is 73.2 Å². The van der Waals surface area contributed by atoms with Crippen molar-refractivity contribution in [1.82, 2.24) is 20.1 Å². The third kappa shape index (κ3) is 8.10. The van der Waals surface area contributed by atoms with Gasteiger partial charge in [0.25, 0.3) is 0 Å². The first-order valence-electron chi connectivity index (χ1n) is 14.3. The van der Waals surface area contributed by atoms with Crippen molar-refractivity contribution in [2.24, 2.45) is 4.99 Å². The summed E-state index contributed by atoms with van der Waals surface area (Å²) in [6, 6.07) is 18.9. The number of aliphatic hydroxyl groups excluding tert-OH is 1. The minimum absolute atomic E-state index is 0.0700. The summed E-state index contributed by atoms with van der Waals surface area (Å²) in [5.41, 5.74) is 5.18. The number of benzene rings is 3. The fourth-order valence-corrected chi connectivity index (χ4v) is 5.83. The zero-order valence-electron chi connectivity index (χ0n) is 25.1. The Balaban J connectivity index is 1.20. The van der Waals surface area contributed by atoms with Gasteiger partial charge in [0.05, 0.1) is 17.1 Å². The summed E-state index contributed by atoms with van der Waals surface area (Å²) < 4.78 is 42.6. The SMILES string of the molecule is Cc1ccc(C(C)C)c(N2C(=O)CS/C2=N\C(O)NC(C)Cc2ccc(-c3ncn(-c4ccc(OC(F)(F)F)cc4)n3)cc2)c1. The molecule has 1 aliphatic heterocycles. The molecule has 13 heteroatoms. The molecule has 9 nitrogen and oxygen atoms in total. The fraction of sp³-hybridized carbons (Fsp3) is 0.312. The van der Waals surface area contributed by atoms with Gasteiger partial charge in [-0.2, -0.15) is 0 Å². The second kappa shape index (κ2) is 13.4. The van der Waals surface area contributed by atoms with Crippen LogP contribution in [0.1, 0.15) is 43.4 Å². The summed E-state index contributed by atoms with van der Waals surface area (Å²) in [6.45, 7) is 8.08. The molecule has 0 saturated carbocycles. The lowest BCUT2D eigenvalue weighted by atomic mass is 9.99. The van der Waals surface area contributed by atoms with E-state index >= 15 is 0 Å². The summed E-state index contributed by atoms with van der Waals surface area (Å²) in [7, 11) is 0. The van der Waals surface area contributed by atoms with Crippen LogP contribution >= 0.6 is 11.8 Å². The molecule has 2 unspecified atom stereocenters. The van der Waals surface area contributed by atoms with E-state index in [1.54, 1.807) is 4.90 Å². The van der Waals surface area contributed by atoms with Crippen molar-refractivity contribution in [3.63, 3.8) is 0 Å². The number of aryl methyl sites for hydroxylation is 1. The number of halogens is 3. The average molecular weight is 639 g/mol. The largest absolute Gasteiger partial charge is 0.573 e. The number of hydrogen-bond acceptors (Lipinski definition) is 8. The second-order valence-electron chi connectivity index (χ2n) is 11.0. The number of amidine groups is 1. The number of ether oxygens (including phenoxy) is 1. The number of anilines is 1. The van der Waals surface area contributed by atoms with Crippen molar-refractivity contribution in [2.75, 3.05) is 10.7 Å². The summed E-state index contributed by atoms with van der Waals surface area (Å²) in [6.07, 6.45) is -3.88. The maximum Gasteiger partial charge on any atom is 0.573 e. The van der Waals surface area contributed by atoms with Crippen LogP contribution in [0, 0.1) is 6.92 Å². The molecule has 2 N–H and O–H groups in total. The average Bonchev–Trinajstić information content (AvgIpc) is 3.60. The number of hydrogen-bond donors (Lipinski definition) is 2. The molecule has 4 aromatic rings. The molecule has 0 bridgehead atoms. The van der Waals surface area contributed by atoms with Crippen LogP contribution in [-0.4, -0.2) is 55.5 Å². The number of thioether (sulfide) groups is 1. The highest BCUT2D eigenvalue weighted by atomic mass is 32.2. The van der Waals surface area contributed by atoms with Gasteiger partial charge in [-0.1, -0.05) is 62.0 Å². The van der Waals surface area contributed by atoms with E-state index in [9.17, 15) is 23.1 Å². The van der Waals surface area contributed by atoms with Gasteiger partial charge in [-0.15, -0.1) is 18.3 Å². The Labute approximate surface area is 263 Å². The van der Waals surface area contributed by atoms with E-state index in [0.29, 0.717) is 23.1 Å². The van der Waals surface area contributed by atoms with Crippen LogP contribution < -0.4 is 15.0 Å². The molecule has 3 aromatic carbocycles. The van der Waals surface area contributed by atoms with Crippen LogP contribution in [0.3, 0.4) is 0 Å². The molecule has 2 atom stereocenters. The Morgan fingerprint density at radius 2 is 1.78 bits per heavy atom. The van der Waals surface area contributed by atoms with Crippen molar-refractivity contribution < 1.29 is 27.8 Å². The summed E-state index contributed by atoms with van der Waals surface area (Å²) >= 11 is 1.31. The topological polar surface area (TPSA) is 105 Å². The number of nitrogens with one attached hydrogen (secondary N) is 1. The monoisotopic (exact) mass is 638 g/mol. The van der Waals surface area contributed by atoms with Crippen LogP contribution in [-0.2, 0) is 11.2 Å². The van der Waals surface area contributed by atoms with Crippen LogP contribution in [0.2, 0.25) is 0 Å². The Hall–Kier alpha value is -4.20. The van der Waals surface area contributed by atoms with Crippen molar-refractivity contribution >= 4 is 28.5 Å². The molecule has 1 aliphatic rings. The van der Waals surface area contributed by atoms with Crippen molar-refractivity contribution in [1.29, 1.82) is 0 Å². The minimum Gasteiger partial charge on any atom is -0.406 e. The number of aromatic nitrogens is 3. The number of rotatable bonds is 10. The van der Waals surface area contributed by atoms with Crippen molar-refractivity contribution in [3.8, 4) is 22.8 Å². The lowest BCUT2D eigenvalue weighted by Gasteiger charge is -2.23. The van der Waals surface area contributed by atoms with E-state index < -0.39 is 12.7 Å². The molecule has 0 radical (unpaired) electrons. The number of nitrogens with zero attached hydrogens (tertiary/aromatic N) is 5. The number of aliphatic hydroxyl groups is 1. The molecular formula is C32H33F3N6O3S. The highest BCUT2D eigenvalue weighted by molar-refractivity contribution is 8.15. The number of amides is 1. The molecule has 0 spiro atoms. The Morgan fingerprint density at radius 1 is 1.07 bits per heavy atom. The van der Waals surface area contributed by atoms with E-state index in [2.05, 4.69) is 39.0 Å². The highest BCUT2D eigenvalue weighted by Gasteiger charge is 2.33. The third-order valence-corrected chi connectivity index (χ3v) is 8.00. The predicted molar refractivity (Wildman–Crippen MR) is 168 cm³/mol. The molecule has 1 fully saturated rings. The quantitative estimate of drug-likeness (QED) is 0.200. The fourth-order valence-electron chi connectivity index (χ4n) is 4.95. The first kappa shape index (κ1) is 32.2. The van der Waals surface area contributed by atoms with Crippen molar-refractivity contribution in [2.45, 2.75) is 58.8 Å². The second-order valence-corrected chi connectivity index (χ2v) is 12.0. The number of alkyl halides is 3. The number of aliphatic imine (C=N–C) groups is 1. The van der Waals surface area contributed by atoms with E-state index in [4.69, 9.17) is 0 Å². The van der Waals surface area contributed by atoms with Crippen LogP contribution in [0.25, 0.3) is 17.1 Å². The van der Waals surface area contributed by atoms with Gasteiger partial charge >= 0.3 is 6.36 Å². The van der Waals surface area contributed by atoms with Crippen LogP contribution in [0.4, 0.5) is 18.9 Å². The van der Waals surface area contributed by atoms with Gasteiger partial charge in [0.2, 0.25) is 12.3 Å². The lowest BCUT2D eigenvalue weighted by Crippen LogP contribution is -2.39. The van der Waals surface area contributed by atoms with E-state index in [1.165, 1.54) is 47.0 Å². The molecule has 0 aliphatic carbocycles. The maximum atomic E-state index is 12.8. The first-order valence-corrected chi connectivity index (χ1v) is 15.3. The molecule has 1 amide bonds. The zero-order valence-corrected chi connectivity index (χ0v) is 25.9. The third-order valence-electron chi connectivity index (χ3n) is 7.06. The lowest BCUT2D eigenvalue weighted by molar-refractivity contribution is -0.274. The molecule has 5 rings (SSSR count). The number of carbonyl (C=O) groups excluding carboxylic acids is 1.